The van der Waals surface area contributed by atoms with Crippen molar-refractivity contribution >= 4 is 5.91 Å². The van der Waals surface area contributed by atoms with Gasteiger partial charge in [0.25, 0.3) is 0 Å². The highest BCUT2D eigenvalue weighted by Crippen LogP contribution is 2.07. The lowest BCUT2D eigenvalue weighted by molar-refractivity contribution is -0.125. The lowest BCUT2D eigenvalue weighted by Crippen LogP contribution is -2.46. The number of nitrogens with zero attached hydrogens (tertiary/aromatic N) is 1. The number of nitrogens with two attached hydrogens (primary N) is 1. The van der Waals surface area contributed by atoms with Crippen LogP contribution in [0.15, 0.2) is 0 Å². The lowest BCUT2D eigenvalue weighted by Gasteiger charge is -2.29. The van der Waals surface area contributed by atoms with Crippen LogP contribution in [0.4, 0.5) is 0 Å². The first-order valence-corrected chi connectivity index (χ1v) is 4.99. The zero-order valence-corrected chi connectivity index (χ0v) is 8.57. The largest absolute Gasteiger partial charge is 0.382 e. The summed E-state index contributed by atoms with van der Waals surface area (Å²) < 4.78 is 0. The van der Waals surface area contributed by atoms with Crippen LogP contribution in [-0.2, 0) is 4.79 Å². The summed E-state index contributed by atoms with van der Waals surface area (Å²) in [4.78, 5) is 12.8. The Kier molecular flexibility index (Phi) is 4.31. The number of aliphatic hydroxyl groups excluding tert-OH is 1. The molecule has 0 aromatic carbocycles. The van der Waals surface area contributed by atoms with Gasteiger partial charge in [0.1, 0.15) is 6.10 Å². The maximum atomic E-state index is 10.5. The molecule has 0 aromatic heterocycles. The summed E-state index contributed by atoms with van der Waals surface area (Å²) in [6.45, 7) is 2.39. The molecule has 4 N–H and O–H groups in total. The number of likely N-dealkylation sites (tertiary alicyclic amines) is 1. The first kappa shape index (κ1) is 11.4. The van der Waals surface area contributed by atoms with E-state index in [1.807, 2.05) is 0 Å². The molecule has 14 heavy (non-hydrogen) atoms. The number of primary amides is 1. The number of hydrogen-bond donors (Lipinski definition) is 3. The molecule has 1 aliphatic rings. The Morgan fingerprint density at radius 1 is 1.64 bits per heavy atom. The Hall–Kier alpha value is -0.650. The summed E-state index contributed by atoms with van der Waals surface area (Å²) in [5.74, 6) is -0.662. The number of amides is 1. The third-order valence-electron chi connectivity index (χ3n) is 2.65. The predicted molar refractivity (Wildman–Crippen MR) is 53.7 cm³/mol. The van der Waals surface area contributed by atoms with Crippen molar-refractivity contribution in [3.63, 3.8) is 0 Å². The van der Waals surface area contributed by atoms with Gasteiger partial charge in [0, 0.05) is 12.6 Å². The van der Waals surface area contributed by atoms with Crippen molar-refractivity contribution < 1.29 is 9.90 Å². The van der Waals surface area contributed by atoms with E-state index in [0.29, 0.717) is 6.04 Å². The smallest absolute Gasteiger partial charge is 0.247 e. The molecule has 0 spiro atoms. The second kappa shape index (κ2) is 5.29. The van der Waals surface area contributed by atoms with Crippen molar-refractivity contribution in [1.29, 1.82) is 0 Å². The van der Waals surface area contributed by atoms with Gasteiger partial charge in [-0.15, -0.1) is 0 Å². The molecule has 1 aliphatic heterocycles. The topological polar surface area (TPSA) is 78.6 Å². The van der Waals surface area contributed by atoms with E-state index in [9.17, 15) is 4.79 Å². The minimum absolute atomic E-state index is 0.268. The zero-order chi connectivity index (χ0) is 10.6. The van der Waals surface area contributed by atoms with E-state index in [1.54, 1.807) is 0 Å². The van der Waals surface area contributed by atoms with Crippen LogP contribution in [0.3, 0.4) is 0 Å². The first-order valence-electron chi connectivity index (χ1n) is 4.99. The van der Waals surface area contributed by atoms with Crippen molar-refractivity contribution in [3.05, 3.63) is 0 Å². The molecule has 1 heterocycles. The standard InChI is InChI=1S/C9H19N3O2/c1-12-4-2-7(3-5-12)11-6-8(13)9(10)14/h7-8,11,13H,2-6H2,1H3,(H2,10,14). The Bertz CT molecular complexity index is 190. The van der Waals surface area contributed by atoms with Crippen LogP contribution >= 0.6 is 0 Å². The van der Waals surface area contributed by atoms with Crippen molar-refractivity contribution in [3.8, 4) is 0 Å². The summed E-state index contributed by atoms with van der Waals surface area (Å²) in [5, 5.41) is 12.3. The Morgan fingerprint density at radius 3 is 2.71 bits per heavy atom. The molecule has 1 atom stereocenters. The normalized spacial score (nSPS) is 22.1. The highest BCUT2D eigenvalue weighted by atomic mass is 16.3. The molecule has 0 aliphatic carbocycles. The molecule has 82 valence electrons. The van der Waals surface area contributed by atoms with Gasteiger partial charge < -0.3 is 21.1 Å². The fourth-order valence-electron chi connectivity index (χ4n) is 1.59. The van der Waals surface area contributed by atoms with Gasteiger partial charge in [0.05, 0.1) is 0 Å². The van der Waals surface area contributed by atoms with Crippen LogP contribution in [0, 0.1) is 0 Å². The second-order valence-corrected chi connectivity index (χ2v) is 3.90. The van der Waals surface area contributed by atoms with Crippen LogP contribution in [0.1, 0.15) is 12.8 Å². The van der Waals surface area contributed by atoms with Gasteiger partial charge in [-0.2, -0.15) is 0 Å². The van der Waals surface area contributed by atoms with Gasteiger partial charge >= 0.3 is 0 Å². The summed E-state index contributed by atoms with van der Waals surface area (Å²) in [7, 11) is 2.09. The molecule has 0 radical (unpaired) electrons. The molecule has 0 saturated carbocycles. The second-order valence-electron chi connectivity index (χ2n) is 3.90. The monoisotopic (exact) mass is 201 g/mol. The van der Waals surface area contributed by atoms with Crippen molar-refractivity contribution in [1.82, 2.24) is 10.2 Å². The number of hydrogen-bond acceptors (Lipinski definition) is 4. The third-order valence-corrected chi connectivity index (χ3v) is 2.65. The SMILES string of the molecule is CN1CCC(NCC(O)C(N)=O)CC1. The molecule has 1 saturated heterocycles. The van der Waals surface area contributed by atoms with Gasteiger partial charge in [-0.1, -0.05) is 0 Å². The van der Waals surface area contributed by atoms with Gasteiger partial charge in [-0.25, -0.2) is 0 Å². The Balaban J connectivity index is 2.16. The number of rotatable bonds is 4. The highest BCUT2D eigenvalue weighted by molar-refractivity contribution is 5.78. The summed E-state index contributed by atoms with van der Waals surface area (Å²) in [6.07, 6.45) is 1.05. The van der Waals surface area contributed by atoms with Crippen LogP contribution in [-0.4, -0.2) is 54.7 Å². The van der Waals surface area contributed by atoms with Crippen molar-refractivity contribution in [2.24, 2.45) is 5.73 Å². The van der Waals surface area contributed by atoms with E-state index >= 15 is 0 Å². The van der Waals surface area contributed by atoms with Crippen LogP contribution < -0.4 is 11.1 Å². The lowest BCUT2D eigenvalue weighted by atomic mass is 10.1. The molecule has 5 heteroatoms. The molecular formula is C9H19N3O2. The number of carbonyl (C=O) groups is 1. The molecule has 5 nitrogen and oxygen atoms in total. The Morgan fingerprint density at radius 2 is 2.21 bits per heavy atom. The number of nitrogens with one attached hydrogen (secondary N) is 1. The minimum atomic E-state index is -1.06. The van der Waals surface area contributed by atoms with Gasteiger partial charge in [-0.05, 0) is 33.0 Å². The maximum absolute atomic E-state index is 10.5. The quantitative estimate of drug-likeness (QED) is 0.518. The predicted octanol–water partition coefficient (Wildman–Crippen LogP) is -1.48. The van der Waals surface area contributed by atoms with Crippen molar-refractivity contribution in [2.45, 2.75) is 25.0 Å². The van der Waals surface area contributed by atoms with E-state index in [2.05, 4.69) is 17.3 Å². The molecular weight excluding hydrogens is 182 g/mol. The average Bonchev–Trinajstić information content (AvgIpc) is 2.16. The van der Waals surface area contributed by atoms with E-state index in [-0.39, 0.29) is 6.54 Å². The summed E-state index contributed by atoms with van der Waals surface area (Å²) >= 11 is 0. The molecule has 1 unspecified atom stereocenters. The van der Waals surface area contributed by atoms with E-state index < -0.39 is 12.0 Å². The molecule has 1 rings (SSSR count). The number of carbonyl (C=O) groups excluding carboxylic acids is 1. The fourth-order valence-corrected chi connectivity index (χ4v) is 1.59. The van der Waals surface area contributed by atoms with Crippen molar-refractivity contribution in [2.75, 3.05) is 26.7 Å². The summed E-state index contributed by atoms with van der Waals surface area (Å²) in [5.41, 5.74) is 4.94. The molecule has 1 fully saturated rings. The van der Waals surface area contributed by atoms with Crippen LogP contribution in [0.2, 0.25) is 0 Å². The number of aliphatic hydroxyl groups is 1. The molecule has 0 bridgehead atoms. The molecule has 1 amide bonds. The van der Waals surface area contributed by atoms with E-state index in [0.717, 1.165) is 25.9 Å². The third kappa shape index (κ3) is 3.61. The molecule has 0 aromatic rings. The average molecular weight is 201 g/mol. The maximum Gasteiger partial charge on any atom is 0.247 e. The van der Waals surface area contributed by atoms with E-state index in [1.165, 1.54) is 0 Å². The zero-order valence-electron chi connectivity index (χ0n) is 8.57. The van der Waals surface area contributed by atoms with Gasteiger partial charge in [-0.3, -0.25) is 4.79 Å². The fraction of sp³-hybridized carbons (Fsp3) is 0.889. The Labute approximate surface area is 84.3 Å². The van der Waals surface area contributed by atoms with Crippen LogP contribution in [0.5, 0.6) is 0 Å². The first-order chi connectivity index (χ1) is 6.59. The highest BCUT2D eigenvalue weighted by Gasteiger charge is 2.18. The van der Waals surface area contributed by atoms with E-state index in [4.69, 9.17) is 10.8 Å². The minimum Gasteiger partial charge on any atom is -0.382 e. The summed E-state index contributed by atoms with van der Waals surface area (Å²) in [6, 6.07) is 0.403. The number of piperidine rings is 1. The van der Waals surface area contributed by atoms with Gasteiger partial charge in [0.15, 0.2) is 0 Å². The van der Waals surface area contributed by atoms with Crippen LogP contribution in [0.25, 0.3) is 0 Å². The van der Waals surface area contributed by atoms with Gasteiger partial charge in [0.2, 0.25) is 5.91 Å².